The van der Waals surface area contributed by atoms with Gasteiger partial charge in [-0.05, 0) is 29.7 Å². The summed E-state index contributed by atoms with van der Waals surface area (Å²) in [6, 6.07) is 9.39. The number of aromatic nitrogens is 1. The summed E-state index contributed by atoms with van der Waals surface area (Å²) in [6.45, 7) is 4.21. The van der Waals surface area contributed by atoms with E-state index >= 15 is 0 Å². The molecule has 0 bridgehead atoms. The van der Waals surface area contributed by atoms with Crippen molar-refractivity contribution in [2.45, 2.75) is 19.8 Å². The summed E-state index contributed by atoms with van der Waals surface area (Å²) in [5, 5.41) is 3.02. The highest BCUT2D eigenvalue weighted by molar-refractivity contribution is 6.34. The molecule has 1 N–H and O–H groups in total. The van der Waals surface area contributed by atoms with Crippen LogP contribution in [-0.2, 0) is 0 Å². The molecule has 2 rings (SSSR count). The van der Waals surface area contributed by atoms with Crippen molar-refractivity contribution in [3.05, 3.63) is 52.8 Å². The number of benzene rings is 1. The molecule has 0 atom stereocenters. The van der Waals surface area contributed by atoms with E-state index in [2.05, 4.69) is 24.1 Å². The van der Waals surface area contributed by atoms with Gasteiger partial charge in [0.25, 0.3) is 5.91 Å². The van der Waals surface area contributed by atoms with E-state index in [1.807, 2.05) is 24.3 Å². The van der Waals surface area contributed by atoms with E-state index < -0.39 is 0 Å². The highest BCUT2D eigenvalue weighted by atomic mass is 35.5. The number of rotatable bonds is 3. The van der Waals surface area contributed by atoms with Crippen LogP contribution in [0.15, 0.2) is 36.5 Å². The van der Waals surface area contributed by atoms with E-state index in [1.54, 1.807) is 19.3 Å². The van der Waals surface area contributed by atoms with Crippen LogP contribution in [0.3, 0.4) is 0 Å². The van der Waals surface area contributed by atoms with Crippen LogP contribution in [0.1, 0.15) is 35.8 Å². The van der Waals surface area contributed by atoms with E-state index in [-0.39, 0.29) is 5.91 Å². The van der Waals surface area contributed by atoms with Gasteiger partial charge in [-0.25, -0.2) is 0 Å². The molecule has 0 fully saturated rings. The quantitative estimate of drug-likeness (QED) is 0.931. The molecule has 0 aliphatic heterocycles. The van der Waals surface area contributed by atoms with Crippen molar-refractivity contribution in [3.8, 4) is 11.1 Å². The van der Waals surface area contributed by atoms with E-state index in [1.165, 1.54) is 0 Å². The minimum absolute atomic E-state index is 0.184. The molecule has 0 aliphatic rings. The molecule has 1 aromatic carbocycles. The average Bonchev–Trinajstić information content (AvgIpc) is 2.46. The summed E-state index contributed by atoms with van der Waals surface area (Å²) in [7, 11) is 1.59. The van der Waals surface area contributed by atoms with E-state index in [4.69, 9.17) is 11.6 Å². The second kappa shape index (κ2) is 6.06. The minimum atomic E-state index is -0.184. The Bertz CT molecular complexity index is 638. The number of nitrogens with one attached hydrogen (secondary N) is 1. The van der Waals surface area contributed by atoms with Crippen molar-refractivity contribution in [1.29, 1.82) is 0 Å². The number of amides is 1. The van der Waals surface area contributed by atoms with Crippen molar-refractivity contribution in [1.82, 2.24) is 10.3 Å². The van der Waals surface area contributed by atoms with Gasteiger partial charge >= 0.3 is 0 Å². The summed E-state index contributed by atoms with van der Waals surface area (Å²) in [6.07, 6.45) is 1.79. The molecular weight excluding hydrogens is 272 g/mol. The van der Waals surface area contributed by atoms with Crippen LogP contribution in [0, 0.1) is 0 Å². The third-order valence-corrected chi connectivity index (χ3v) is 3.45. The largest absolute Gasteiger partial charge is 0.355 e. The third-order valence-electron chi connectivity index (χ3n) is 3.14. The van der Waals surface area contributed by atoms with Gasteiger partial charge in [0, 0.05) is 18.8 Å². The van der Waals surface area contributed by atoms with Crippen molar-refractivity contribution in [2.24, 2.45) is 0 Å². The van der Waals surface area contributed by atoms with Crippen LogP contribution in [0.25, 0.3) is 11.1 Å². The predicted molar refractivity (Wildman–Crippen MR) is 82.2 cm³/mol. The predicted octanol–water partition coefficient (Wildman–Crippen LogP) is 3.89. The van der Waals surface area contributed by atoms with Crippen LogP contribution < -0.4 is 5.32 Å². The Kier molecular flexibility index (Phi) is 4.40. The first-order valence-corrected chi connectivity index (χ1v) is 6.89. The van der Waals surface area contributed by atoms with Gasteiger partial charge in [0.2, 0.25) is 0 Å². The third kappa shape index (κ3) is 2.83. The van der Waals surface area contributed by atoms with Crippen LogP contribution in [0.4, 0.5) is 0 Å². The molecule has 20 heavy (non-hydrogen) atoms. The second-order valence-electron chi connectivity index (χ2n) is 4.86. The Labute approximate surface area is 124 Å². The monoisotopic (exact) mass is 288 g/mol. The molecule has 0 spiro atoms. The van der Waals surface area contributed by atoms with Gasteiger partial charge in [-0.2, -0.15) is 0 Å². The number of hydrogen-bond donors (Lipinski definition) is 1. The molecular formula is C16H17ClN2O. The summed E-state index contributed by atoms with van der Waals surface area (Å²) >= 11 is 6.20. The molecule has 0 unspecified atom stereocenters. The fourth-order valence-corrected chi connectivity index (χ4v) is 2.39. The van der Waals surface area contributed by atoms with Crippen LogP contribution in [-0.4, -0.2) is 17.9 Å². The standard InChI is InChI=1S/C16H17ClN2O/c1-10(2)15-12(5-4-8-19-15)11-6-7-13(14(17)9-11)16(20)18-3/h4-10H,1-3H3,(H,18,20). The van der Waals surface area contributed by atoms with Crippen molar-refractivity contribution in [2.75, 3.05) is 7.05 Å². The molecule has 1 aromatic heterocycles. The fourth-order valence-electron chi connectivity index (χ4n) is 2.12. The number of carbonyl (C=O) groups is 1. The zero-order chi connectivity index (χ0) is 14.7. The Balaban J connectivity index is 2.50. The van der Waals surface area contributed by atoms with Crippen LogP contribution in [0.2, 0.25) is 5.02 Å². The molecule has 1 amide bonds. The lowest BCUT2D eigenvalue weighted by Gasteiger charge is -2.12. The molecule has 0 radical (unpaired) electrons. The maximum absolute atomic E-state index is 11.6. The molecule has 4 heteroatoms. The van der Waals surface area contributed by atoms with Gasteiger partial charge in [0.05, 0.1) is 16.3 Å². The first-order valence-electron chi connectivity index (χ1n) is 6.51. The molecule has 104 valence electrons. The highest BCUT2D eigenvalue weighted by Crippen LogP contribution is 2.30. The number of nitrogens with zero attached hydrogens (tertiary/aromatic N) is 1. The zero-order valence-electron chi connectivity index (χ0n) is 11.8. The average molecular weight is 289 g/mol. The van der Waals surface area contributed by atoms with Crippen molar-refractivity contribution < 1.29 is 4.79 Å². The molecule has 0 saturated carbocycles. The van der Waals surface area contributed by atoms with Gasteiger partial charge in [-0.15, -0.1) is 0 Å². The van der Waals surface area contributed by atoms with E-state index in [9.17, 15) is 4.79 Å². The summed E-state index contributed by atoms with van der Waals surface area (Å²) in [5.74, 6) is 0.139. The maximum atomic E-state index is 11.6. The number of hydrogen-bond acceptors (Lipinski definition) is 2. The Morgan fingerprint density at radius 2 is 2.05 bits per heavy atom. The highest BCUT2D eigenvalue weighted by Gasteiger charge is 2.13. The SMILES string of the molecule is CNC(=O)c1ccc(-c2cccnc2C(C)C)cc1Cl. The number of pyridine rings is 1. The first kappa shape index (κ1) is 14.5. The van der Waals surface area contributed by atoms with Crippen molar-refractivity contribution in [3.63, 3.8) is 0 Å². The van der Waals surface area contributed by atoms with E-state index in [0.717, 1.165) is 16.8 Å². The number of halogens is 1. The Morgan fingerprint density at radius 1 is 1.30 bits per heavy atom. The molecule has 2 aromatic rings. The molecule has 0 aliphatic carbocycles. The molecule has 1 heterocycles. The zero-order valence-corrected chi connectivity index (χ0v) is 12.5. The van der Waals surface area contributed by atoms with E-state index in [0.29, 0.717) is 16.5 Å². The van der Waals surface area contributed by atoms with Crippen molar-refractivity contribution >= 4 is 17.5 Å². The maximum Gasteiger partial charge on any atom is 0.252 e. The second-order valence-corrected chi connectivity index (χ2v) is 5.27. The Hall–Kier alpha value is -1.87. The normalized spacial score (nSPS) is 10.7. The summed E-state index contributed by atoms with van der Waals surface area (Å²) in [5.41, 5.74) is 3.52. The molecule has 0 saturated heterocycles. The van der Waals surface area contributed by atoms with Crippen LogP contribution >= 0.6 is 11.6 Å². The van der Waals surface area contributed by atoms with Gasteiger partial charge in [-0.3, -0.25) is 9.78 Å². The summed E-state index contributed by atoms with van der Waals surface area (Å²) in [4.78, 5) is 16.1. The number of carbonyl (C=O) groups excluding carboxylic acids is 1. The first-order chi connectivity index (χ1) is 9.54. The smallest absolute Gasteiger partial charge is 0.252 e. The summed E-state index contributed by atoms with van der Waals surface area (Å²) < 4.78 is 0. The lowest BCUT2D eigenvalue weighted by atomic mass is 9.97. The Morgan fingerprint density at radius 3 is 2.65 bits per heavy atom. The minimum Gasteiger partial charge on any atom is -0.355 e. The van der Waals surface area contributed by atoms with Gasteiger partial charge in [0.1, 0.15) is 0 Å². The van der Waals surface area contributed by atoms with Gasteiger partial charge in [-0.1, -0.05) is 37.6 Å². The lowest BCUT2D eigenvalue weighted by Crippen LogP contribution is -2.18. The van der Waals surface area contributed by atoms with Crippen LogP contribution in [0.5, 0.6) is 0 Å². The van der Waals surface area contributed by atoms with Gasteiger partial charge in [0.15, 0.2) is 0 Å². The molecule has 3 nitrogen and oxygen atoms in total. The fraction of sp³-hybridized carbons (Fsp3) is 0.250. The topological polar surface area (TPSA) is 42.0 Å². The van der Waals surface area contributed by atoms with Gasteiger partial charge < -0.3 is 5.32 Å². The lowest BCUT2D eigenvalue weighted by molar-refractivity contribution is 0.0963.